The first-order valence-corrected chi connectivity index (χ1v) is 9.87. The molecule has 1 aromatic rings. The summed E-state index contributed by atoms with van der Waals surface area (Å²) in [6.07, 6.45) is -0.967. The minimum Gasteiger partial charge on any atom is -0.461 e. The average Bonchev–Trinajstić information content (AvgIpc) is 3.16. The molecule has 7 nitrogen and oxygen atoms in total. The number of nitrogens with one attached hydrogen (secondary N) is 1. The molecule has 1 aromatic carbocycles. The molecule has 0 bridgehead atoms. The number of hydrazone groups is 1. The van der Waals surface area contributed by atoms with Crippen LogP contribution in [0.1, 0.15) is 26.2 Å². The molecule has 1 atom stereocenters. The van der Waals surface area contributed by atoms with Gasteiger partial charge in [-0.05, 0) is 31.9 Å². The number of benzene rings is 1. The highest BCUT2D eigenvalue weighted by Gasteiger charge is 2.37. The van der Waals surface area contributed by atoms with Crippen molar-refractivity contribution >= 4 is 23.3 Å². The normalized spacial score (nSPS) is 20.6. The van der Waals surface area contributed by atoms with Crippen molar-refractivity contribution in [2.75, 3.05) is 31.3 Å². The van der Waals surface area contributed by atoms with Gasteiger partial charge in [0.1, 0.15) is 11.8 Å². The second-order valence-electron chi connectivity index (χ2n) is 7.14. The van der Waals surface area contributed by atoms with Crippen LogP contribution in [-0.2, 0) is 14.3 Å². The molecule has 9 heteroatoms. The first kappa shape index (κ1) is 21.2. The molecule has 29 heavy (non-hydrogen) atoms. The summed E-state index contributed by atoms with van der Waals surface area (Å²) in [7, 11) is 0. The molecule has 2 aliphatic heterocycles. The molecule has 2 aliphatic rings. The van der Waals surface area contributed by atoms with E-state index in [1.807, 2.05) is 30.3 Å². The SMILES string of the molecule is CCOC(=O)C1=NN(c2ccccc2)C(C(=O)NC2CCN(CC(F)F)CC2)C1. The van der Waals surface area contributed by atoms with E-state index in [9.17, 15) is 18.4 Å². The van der Waals surface area contributed by atoms with E-state index in [0.717, 1.165) is 0 Å². The minimum atomic E-state index is -2.35. The number of carbonyl (C=O) groups is 2. The Bertz CT molecular complexity index is 737. The highest BCUT2D eigenvalue weighted by Crippen LogP contribution is 2.25. The summed E-state index contributed by atoms with van der Waals surface area (Å²) in [6, 6.07) is 8.43. The van der Waals surface area contributed by atoms with Crippen LogP contribution in [0, 0.1) is 0 Å². The van der Waals surface area contributed by atoms with Gasteiger partial charge in [0.25, 0.3) is 6.43 Å². The zero-order chi connectivity index (χ0) is 20.8. The Morgan fingerprint density at radius 3 is 2.55 bits per heavy atom. The molecule has 0 aromatic heterocycles. The number of hydrogen-bond acceptors (Lipinski definition) is 6. The van der Waals surface area contributed by atoms with Crippen molar-refractivity contribution in [1.29, 1.82) is 0 Å². The predicted molar refractivity (Wildman–Crippen MR) is 105 cm³/mol. The van der Waals surface area contributed by atoms with E-state index in [2.05, 4.69) is 10.4 Å². The highest BCUT2D eigenvalue weighted by atomic mass is 19.3. The van der Waals surface area contributed by atoms with Gasteiger partial charge in [-0.15, -0.1) is 0 Å². The Kier molecular flexibility index (Phi) is 7.13. The van der Waals surface area contributed by atoms with Crippen molar-refractivity contribution in [2.24, 2.45) is 5.10 Å². The fraction of sp³-hybridized carbons (Fsp3) is 0.550. The van der Waals surface area contributed by atoms with Gasteiger partial charge >= 0.3 is 5.97 Å². The molecule has 1 N–H and O–H groups in total. The van der Waals surface area contributed by atoms with Crippen LogP contribution in [0.25, 0.3) is 0 Å². The van der Waals surface area contributed by atoms with Crippen molar-refractivity contribution in [1.82, 2.24) is 10.2 Å². The number of amides is 1. The second kappa shape index (κ2) is 9.78. The van der Waals surface area contributed by atoms with Crippen LogP contribution in [0.2, 0.25) is 0 Å². The largest absolute Gasteiger partial charge is 0.461 e. The van der Waals surface area contributed by atoms with E-state index < -0.39 is 18.4 Å². The number of para-hydroxylation sites is 1. The molecule has 0 radical (unpaired) electrons. The lowest BCUT2D eigenvalue weighted by Gasteiger charge is -2.33. The number of ether oxygens (including phenoxy) is 1. The van der Waals surface area contributed by atoms with E-state index in [-0.39, 0.29) is 37.2 Å². The first-order chi connectivity index (χ1) is 14.0. The maximum absolute atomic E-state index is 13.0. The summed E-state index contributed by atoms with van der Waals surface area (Å²) < 4.78 is 30.1. The summed E-state index contributed by atoms with van der Waals surface area (Å²) in [4.78, 5) is 26.8. The van der Waals surface area contributed by atoms with Crippen molar-refractivity contribution in [2.45, 2.75) is 44.7 Å². The van der Waals surface area contributed by atoms with Crippen molar-refractivity contribution in [3.05, 3.63) is 30.3 Å². The molecule has 1 unspecified atom stereocenters. The Balaban J connectivity index is 1.65. The lowest BCUT2D eigenvalue weighted by atomic mass is 10.0. The molecule has 0 spiro atoms. The quantitative estimate of drug-likeness (QED) is 0.699. The van der Waals surface area contributed by atoms with Gasteiger partial charge in [0.2, 0.25) is 5.91 Å². The zero-order valence-corrected chi connectivity index (χ0v) is 16.4. The molecule has 0 aliphatic carbocycles. The van der Waals surface area contributed by atoms with Crippen molar-refractivity contribution < 1.29 is 23.1 Å². The lowest BCUT2D eigenvalue weighted by Crippen LogP contribution is -2.50. The standard InChI is InChI=1S/C20H26F2N4O3/c1-2-29-20(28)16-12-17(26(24-16)15-6-4-3-5-7-15)19(27)23-14-8-10-25(11-9-14)13-18(21)22/h3-7,14,17-18H,2,8-13H2,1H3,(H,23,27). The Hall–Kier alpha value is -2.55. The molecular formula is C20H26F2N4O3. The van der Waals surface area contributed by atoms with Gasteiger partial charge < -0.3 is 10.1 Å². The molecule has 1 fully saturated rings. The van der Waals surface area contributed by atoms with Gasteiger partial charge in [0, 0.05) is 25.6 Å². The number of alkyl halides is 2. The number of anilines is 1. The number of esters is 1. The van der Waals surface area contributed by atoms with E-state index >= 15 is 0 Å². The van der Waals surface area contributed by atoms with E-state index in [1.165, 1.54) is 0 Å². The molecule has 0 saturated carbocycles. The smallest absolute Gasteiger partial charge is 0.354 e. The first-order valence-electron chi connectivity index (χ1n) is 9.87. The number of carbonyl (C=O) groups excluding carboxylic acids is 2. The van der Waals surface area contributed by atoms with Gasteiger partial charge in [-0.1, -0.05) is 18.2 Å². The third-order valence-electron chi connectivity index (χ3n) is 5.07. The Morgan fingerprint density at radius 2 is 1.93 bits per heavy atom. The molecule has 158 valence electrons. The van der Waals surface area contributed by atoms with E-state index in [4.69, 9.17) is 4.74 Å². The van der Waals surface area contributed by atoms with Crippen LogP contribution < -0.4 is 10.3 Å². The van der Waals surface area contributed by atoms with Crippen molar-refractivity contribution in [3.8, 4) is 0 Å². The number of hydrogen-bond donors (Lipinski definition) is 1. The van der Waals surface area contributed by atoms with Crippen LogP contribution in [0.15, 0.2) is 35.4 Å². The van der Waals surface area contributed by atoms with Crippen LogP contribution in [0.4, 0.5) is 14.5 Å². The Morgan fingerprint density at radius 1 is 1.24 bits per heavy atom. The number of rotatable bonds is 7. The fourth-order valence-electron chi connectivity index (χ4n) is 3.62. The molecular weight excluding hydrogens is 382 g/mol. The average molecular weight is 408 g/mol. The van der Waals surface area contributed by atoms with Crippen molar-refractivity contribution in [3.63, 3.8) is 0 Å². The summed E-state index contributed by atoms with van der Waals surface area (Å²) >= 11 is 0. The fourth-order valence-corrected chi connectivity index (χ4v) is 3.62. The number of piperidine rings is 1. The summed E-state index contributed by atoms with van der Waals surface area (Å²) in [6.45, 7) is 2.76. The zero-order valence-electron chi connectivity index (χ0n) is 16.4. The van der Waals surface area contributed by atoms with Gasteiger partial charge in [-0.2, -0.15) is 5.10 Å². The minimum absolute atomic E-state index is 0.0827. The maximum atomic E-state index is 13.0. The van der Waals surface area contributed by atoms with Crippen LogP contribution in [0.3, 0.4) is 0 Å². The van der Waals surface area contributed by atoms with Gasteiger partial charge in [-0.25, -0.2) is 13.6 Å². The third-order valence-corrected chi connectivity index (χ3v) is 5.07. The summed E-state index contributed by atoms with van der Waals surface area (Å²) in [5.74, 6) is -0.756. The third kappa shape index (κ3) is 5.50. The summed E-state index contributed by atoms with van der Waals surface area (Å²) in [5, 5.41) is 8.89. The number of halogens is 2. The topological polar surface area (TPSA) is 74.2 Å². The van der Waals surface area contributed by atoms with Crippen LogP contribution in [-0.4, -0.2) is 67.2 Å². The van der Waals surface area contributed by atoms with Gasteiger partial charge in [0.15, 0.2) is 0 Å². The van der Waals surface area contributed by atoms with E-state index in [1.54, 1.807) is 16.8 Å². The van der Waals surface area contributed by atoms with Crippen LogP contribution in [0.5, 0.6) is 0 Å². The molecule has 1 amide bonds. The molecule has 1 saturated heterocycles. The van der Waals surface area contributed by atoms with E-state index in [0.29, 0.717) is 31.6 Å². The van der Waals surface area contributed by atoms with Gasteiger partial charge in [0.05, 0.1) is 18.8 Å². The maximum Gasteiger partial charge on any atom is 0.354 e. The summed E-state index contributed by atoms with van der Waals surface area (Å²) in [5.41, 5.74) is 0.918. The predicted octanol–water partition coefficient (Wildman–Crippen LogP) is 2.03. The number of likely N-dealkylation sites (tertiary alicyclic amines) is 1. The number of nitrogens with zero attached hydrogens (tertiary/aromatic N) is 3. The van der Waals surface area contributed by atoms with Crippen LogP contribution >= 0.6 is 0 Å². The molecule has 3 rings (SSSR count). The highest BCUT2D eigenvalue weighted by molar-refractivity contribution is 6.38. The van der Waals surface area contributed by atoms with Gasteiger partial charge in [-0.3, -0.25) is 14.7 Å². The second-order valence-corrected chi connectivity index (χ2v) is 7.14. The Labute approximate surface area is 168 Å². The lowest BCUT2D eigenvalue weighted by molar-refractivity contribution is -0.135. The monoisotopic (exact) mass is 408 g/mol. The molecule has 2 heterocycles.